The minimum Gasteiger partial charge on any atom is -0.339 e. The van der Waals surface area contributed by atoms with E-state index in [9.17, 15) is 8.42 Å². The Morgan fingerprint density at radius 2 is 2.35 bits per heavy atom. The third-order valence-electron chi connectivity index (χ3n) is 3.18. The molecule has 0 bridgehead atoms. The molecule has 7 heteroatoms. The van der Waals surface area contributed by atoms with Gasteiger partial charge in [0.25, 0.3) is 0 Å². The summed E-state index contributed by atoms with van der Waals surface area (Å²) >= 11 is 0. The molecule has 2 unspecified atom stereocenters. The molecule has 1 fully saturated rings. The van der Waals surface area contributed by atoms with Crippen LogP contribution < -0.4 is 5.73 Å². The molecule has 1 saturated heterocycles. The molecule has 6 nitrogen and oxygen atoms in total. The van der Waals surface area contributed by atoms with E-state index in [4.69, 9.17) is 10.3 Å². The molecule has 2 N–H and O–H groups in total. The molecule has 1 aliphatic heterocycles. The maximum absolute atomic E-state index is 11.4. The van der Waals surface area contributed by atoms with Gasteiger partial charge in [0.1, 0.15) is 0 Å². The Balaban J connectivity index is 2.14. The van der Waals surface area contributed by atoms with Gasteiger partial charge in [-0.05, 0) is 12.8 Å². The van der Waals surface area contributed by atoms with Crippen LogP contribution in [0.2, 0.25) is 0 Å². The lowest BCUT2D eigenvalue weighted by Crippen LogP contribution is -2.12. The van der Waals surface area contributed by atoms with Gasteiger partial charge in [-0.1, -0.05) is 12.1 Å². The van der Waals surface area contributed by atoms with Crippen LogP contribution in [0.15, 0.2) is 4.52 Å². The molecular weight excluding hydrogens is 242 g/mol. The van der Waals surface area contributed by atoms with Gasteiger partial charge in [-0.15, -0.1) is 0 Å². The zero-order chi connectivity index (χ0) is 12.5. The molecule has 0 spiro atoms. The van der Waals surface area contributed by atoms with Crippen molar-refractivity contribution in [3.63, 3.8) is 0 Å². The van der Waals surface area contributed by atoms with Crippen LogP contribution in [0.4, 0.5) is 0 Å². The van der Waals surface area contributed by atoms with Crippen molar-refractivity contribution in [1.29, 1.82) is 0 Å². The Morgan fingerprint density at radius 3 is 2.88 bits per heavy atom. The molecule has 0 aliphatic carbocycles. The summed E-state index contributed by atoms with van der Waals surface area (Å²) in [6.45, 7) is 2.46. The van der Waals surface area contributed by atoms with E-state index in [0.717, 1.165) is 6.42 Å². The third-order valence-corrected chi connectivity index (χ3v) is 4.95. The predicted molar refractivity (Wildman–Crippen MR) is 62.4 cm³/mol. The SMILES string of the molecule is CCC(CN)c1nc(C2CCS(=O)(=O)C2)no1. The first-order chi connectivity index (χ1) is 8.05. The van der Waals surface area contributed by atoms with Gasteiger partial charge in [0.05, 0.1) is 17.4 Å². The Kier molecular flexibility index (Phi) is 3.48. The van der Waals surface area contributed by atoms with Gasteiger partial charge in [0.2, 0.25) is 5.89 Å². The average Bonchev–Trinajstić information content (AvgIpc) is 2.87. The van der Waals surface area contributed by atoms with Gasteiger partial charge in [-0.2, -0.15) is 4.98 Å². The van der Waals surface area contributed by atoms with E-state index in [2.05, 4.69) is 10.1 Å². The second-order valence-electron chi connectivity index (χ2n) is 4.43. The van der Waals surface area contributed by atoms with Gasteiger partial charge in [-0.3, -0.25) is 0 Å². The summed E-state index contributed by atoms with van der Waals surface area (Å²) in [5, 5.41) is 3.87. The van der Waals surface area contributed by atoms with Crippen LogP contribution in [0.3, 0.4) is 0 Å². The summed E-state index contributed by atoms with van der Waals surface area (Å²) in [7, 11) is -2.91. The highest BCUT2D eigenvalue weighted by Gasteiger charge is 2.32. The fourth-order valence-corrected chi connectivity index (χ4v) is 3.76. The van der Waals surface area contributed by atoms with Crippen LogP contribution in [0.5, 0.6) is 0 Å². The van der Waals surface area contributed by atoms with Gasteiger partial charge >= 0.3 is 0 Å². The van der Waals surface area contributed by atoms with E-state index in [1.165, 1.54) is 0 Å². The molecule has 96 valence electrons. The van der Waals surface area contributed by atoms with Crippen LogP contribution in [0.1, 0.15) is 43.3 Å². The molecule has 0 radical (unpaired) electrons. The zero-order valence-electron chi connectivity index (χ0n) is 9.80. The minimum absolute atomic E-state index is 0.0641. The zero-order valence-corrected chi connectivity index (χ0v) is 10.6. The van der Waals surface area contributed by atoms with Crippen molar-refractivity contribution in [3.05, 3.63) is 11.7 Å². The minimum atomic E-state index is -2.91. The summed E-state index contributed by atoms with van der Waals surface area (Å²) in [6.07, 6.45) is 1.42. The molecule has 0 aromatic carbocycles. The van der Waals surface area contributed by atoms with Crippen molar-refractivity contribution < 1.29 is 12.9 Å². The second-order valence-corrected chi connectivity index (χ2v) is 6.66. The van der Waals surface area contributed by atoms with E-state index >= 15 is 0 Å². The van der Waals surface area contributed by atoms with Crippen molar-refractivity contribution in [2.45, 2.75) is 31.6 Å². The lowest BCUT2D eigenvalue weighted by molar-refractivity contribution is 0.346. The molecular formula is C10H17N3O3S. The van der Waals surface area contributed by atoms with E-state index < -0.39 is 9.84 Å². The standard InChI is InChI=1S/C10H17N3O3S/c1-2-7(5-11)10-12-9(13-16-10)8-3-4-17(14,15)6-8/h7-8H,2-6,11H2,1H3. The maximum Gasteiger partial charge on any atom is 0.231 e. The van der Waals surface area contributed by atoms with Crippen molar-refractivity contribution in [1.82, 2.24) is 10.1 Å². The van der Waals surface area contributed by atoms with Crippen molar-refractivity contribution >= 4 is 9.84 Å². The van der Waals surface area contributed by atoms with Crippen LogP contribution in [-0.2, 0) is 9.84 Å². The Hall–Kier alpha value is -0.950. The van der Waals surface area contributed by atoms with E-state index in [0.29, 0.717) is 24.7 Å². The van der Waals surface area contributed by atoms with Gasteiger partial charge in [0.15, 0.2) is 15.7 Å². The molecule has 0 amide bonds. The molecule has 17 heavy (non-hydrogen) atoms. The Bertz CT molecular complexity index is 479. The van der Waals surface area contributed by atoms with E-state index in [-0.39, 0.29) is 23.3 Å². The first kappa shape index (κ1) is 12.5. The van der Waals surface area contributed by atoms with Gasteiger partial charge in [0, 0.05) is 12.5 Å². The number of nitrogens with two attached hydrogens (primary N) is 1. The molecule has 2 heterocycles. The Morgan fingerprint density at radius 1 is 1.59 bits per heavy atom. The van der Waals surface area contributed by atoms with Crippen molar-refractivity contribution in [3.8, 4) is 0 Å². The number of sulfone groups is 1. The molecule has 1 aromatic rings. The first-order valence-electron chi connectivity index (χ1n) is 5.79. The second kappa shape index (κ2) is 4.73. The summed E-state index contributed by atoms with van der Waals surface area (Å²) < 4.78 is 27.9. The maximum atomic E-state index is 11.4. The average molecular weight is 259 g/mol. The van der Waals surface area contributed by atoms with Crippen LogP contribution in [0, 0.1) is 0 Å². The fourth-order valence-electron chi connectivity index (χ4n) is 2.02. The van der Waals surface area contributed by atoms with E-state index in [1.807, 2.05) is 6.92 Å². The molecule has 1 aliphatic rings. The van der Waals surface area contributed by atoms with Gasteiger partial charge < -0.3 is 10.3 Å². The third kappa shape index (κ3) is 2.66. The van der Waals surface area contributed by atoms with Crippen LogP contribution in [0.25, 0.3) is 0 Å². The highest BCUT2D eigenvalue weighted by atomic mass is 32.2. The van der Waals surface area contributed by atoms with Crippen molar-refractivity contribution in [2.75, 3.05) is 18.1 Å². The number of hydrogen-bond acceptors (Lipinski definition) is 6. The molecule has 0 saturated carbocycles. The summed E-state index contributed by atoms with van der Waals surface area (Å²) in [5.41, 5.74) is 5.60. The fraction of sp³-hybridized carbons (Fsp3) is 0.800. The highest BCUT2D eigenvalue weighted by molar-refractivity contribution is 7.91. The first-order valence-corrected chi connectivity index (χ1v) is 7.62. The molecule has 1 aromatic heterocycles. The quantitative estimate of drug-likeness (QED) is 0.841. The summed E-state index contributed by atoms with van der Waals surface area (Å²) in [4.78, 5) is 4.28. The number of rotatable bonds is 4. The summed E-state index contributed by atoms with van der Waals surface area (Å²) in [5.74, 6) is 1.32. The summed E-state index contributed by atoms with van der Waals surface area (Å²) in [6, 6.07) is 0. The number of hydrogen-bond donors (Lipinski definition) is 1. The Labute approximate surface area is 100 Å². The monoisotopic (exact) mass is 259 g/mol. The normalized spacial score (nSPS) is 24.9. The lowest BCUT2D eigenvalue weighted by atomic mass is 10.1. The van der Waals surface area contributed by atoms with Crippen molar-refractivity contribution in [2.24, 2.45) is 5.73 Å². The largest absolute Gasteiger partial charge is 0.339 e. The predicted octanol–water partition coefficient (Wildman–Crippen LogP) is 0.424. The van der Waals surface area contributed by atoms with E-state index in [1.54, 1.807) is 0 Å². The van der Waals surface area contributed by atoms with Crippen LogP contribution >= 0.6 is 0 Å². The number of aromatic nitrogens is 2. The smallest absolute Gasteiger partial charge is 0.231 e. The van der Waals surface area contributed by atoms with Crippen LogP contribution in [-0.4, -0.2) is 36.6 Å². The van der Waals surface area contributed by atoms with Gasteiger partial charge in [-0.25, -0.2) is 8.42 Å². The number of nitrogens with zero attached hydrogens (tertiary/aromatic N) is 2. The molecule has 2 atom stereocenters. The molecule has 2 rings (SSSR count). The topological polar surface area (TPSA) is 99.1 Å². The highest BCUT2D eigenvalue weighted by Crippen LogP contribution is 2.28. The lowest BCUT2D eigenvalue weighted by Gasteiger charge is -2.04.